The van der Waals surface area contributed by atoms with Crippen molar-refractivity contribution in [2.24, 2.45) is 0 Å². The molecule has 0 aliphatic rings. The molecule has 0 unspecified atom stereocenters. The summed E-state index contributed by atoms with van der Waals surface area (Å²) in [5.41, 5.74) is -0.0660. The van der Waals surface area contributed by atoms with Crippen LogP contribution in [0.2, 0.25) is 0 Å². The maximum absolute atomic E-state index is 12.0. The maximum Gasteiger partial charge on any atom is 0.303 e. The minimum Gasteiger partial charge on any atom is -0.481 e. The highest BCUT2D eigenvalue weighted by Gasteiger charge is 2.15. The van der Waals surface area contributed by atoms with E-state index in [-0.39, 0.29) is 24.9 Å². The van der Waals surface area contributed by atoms with Gasteiger partial charge in [0.2, 0.25) is 11.8 Å². The number of hydrogen-bond donors (Lipinski definition) is 3. The molecule has 0 radical (unpaired) electrons. The van der Waals surface area contributed by atoms with Crippen LogP contribution in [0.3, 0.4) is 0 Å². The fraction of sp³-hybridized carbons (Fsp3) is 0.357. The van der Waals surface area contributed by atoms with Gasteiger partial charge in [0, 0.05) is 13.0 Å². The normalized spacial score (nSPS) is 14.9. The lowest BCUT2D eigenvalue weighted by Crippen LogP contribution is -2.44. The summed E-state index contributed by atoms with van der Waals surface area (Å²) in [5.74, 6) is -2.36. The number of amides is 2. The van der Waals surface area contributed by atoms with Crippen LogP contribution in [0.15, 0.2) is 30.2 Å². The summed E-state index contributed by atoms with van der Waals surface area (Å²) in [5, 5.41) is 13.2. The van der Waals surface area contributed by atoms with Crippen molar-refractivity contribution < 1.29 is 26.3 Å². The molecule has 20 heavy (non-hydrogen) atoms. The smallest absolute Gasteiger partial charge is 0.303 e. The summed E-state index contributed by atoms with van der Waals surface area (Å²) in [6.07, 6.45) is -0.626. The third kappa shape index (κ3) is 5.99. The van der Waals surface area contributed by atoms with E-state index < -0.39 is 54.0 Å². The van der Waals surface area contributed by atoms with Crippen LogP contribution in [0.4, 0.5) is 0 Å². The van der Waals surface area contributed by atoms with Gasteiger partial charge in [0.25, 0.3) is 0 Å². The third-order valence-corrected chi connectivity index (χ3v) is 2.33. The minimum atomic E-state index is -1.13. The van der Waals surface area contributed by atoms with Crippen molar-refractivity contribution in [3.63, 3.8) is 0 Å². The molecule has 0 heterocycles. The van der Waals surface area contributed by atoms with E-state index in [2.05, 4.69) is 10.6 Å². The Kier molecular flexibility index (Phi) is 3.78. The molecular formula is C14H18N2O4. The summed E-state index contributed by atoms with van der Waals surface area (Å²) < 4.78 is 38.1. The van der Waals surface area contributed by atoms with E-state index in [1.165, 1.54) is 6.92 Å². The molecule has 0 saturated heterocycles. The Labute approximate surface area is 124 Å². The number of nitrogens with one attached hydrogen (secondary N) is 2. The Hall–Kier alpha value is -2.37. The fourth-order valence-electron chi connectivity index (χ4n) is 1.29. The second-order valence-electron chi connectivity index (χ2n) is 4.00. The standard InChI is InChI=1S/C14H18N2O4/c1-10(16-12(17)7-8-13(18)19)14(20)15-9-11-5-3-2-4-6-11/h2-6,10H,7-9H2,1H3,(H,15,20)(H,16,17)(H,18,19)/t10-/m1/s1/i2D,3D,4D,5D,6D. The predicted octanol–water partition coefficient (Wildman–Crippen LogP) is 0.672. The van der Waals surface area contributed by atoms with E-state index in [1.807, 2.05) is 0 Å². The molecule has 0 bridgehead atoms. The van der Waals surface area contributed by atoms with Gasteiger partial charge in [-0.05, 0) is 12.5 Å². The largest absolute Gasteiger partial charge is 0.481 e. The molecule has 108 valence electrons. The van der Waals surface area contributed by atoms with E-state index in [4.69, 9.17) is 12.0 Å². The molecular weight excluding hydrogens is 260 g/mol. The molecule has 1 aromatic carbocycles. The fourth-order valence-corrected chi connectivity index (χ4v) is 1.29. The van der Waals surface area contributed by atoms with Crippen LogP contribution in [0.5, 0.6) is 0 Å². The highest BCUT2D eigenvalue weighted by Crippen LogP contribution is 1.98. The van der Waals surface area contributed by atoms with Gasteiger partial charge in [0.1, 0.15) is 6.04 Å². The van der Waals surface area contributed by atoms with Gasteiger partial charge >= 0.3 is 5.97 Å². The highest BCUT2D eigenvalue weighted by atomic mass is 16.4. The van der Waals surface area contributed by atoms with Crippen LogP contribution in [0.1, 0.15) is 32.2 Å². The van der Waals surface area contributed by atoms with Crippen molar-refractivity contribution in [2.75, 3.05) is 0 Å². The van der Waals surface area contributed by atoms with Crippen molar-refractivity contribution in [1.29, 1.82) is 0 Å². The van der Waals surface area contributed by atoms with E-state index in [0.717, 1.165) is 0 Å². The van der Waals surface area contributed by atoms with Gasteiger partial charge in [0.05, 0.1) is 13.3 Å². The molecule has 1 aromatic rings. The molecule has 0 spiro atoms. The summed E-state index contributed by atoms with van der Waals surface area (Å²) in [6, 6.07) is -3.32. The van der Waals surface area contributed by atoms with Crippen molar-refractivity contribution >= 4 is 17.8 Å². The topological polar surface area (TPSA) is 95.5 Å². The van der Waals surface area contributed by atoms with Crippen molar-refractivity contribution in [2.45, 2.75) is 32.4 Å². The highest BCUT2D eigenvalue weighted by molar-refractivity contribution is 5.88. The van der Waals surface area contributed by atoms with Crippen LogP contribution in [-0.2, 0) is 20.9 Å². The Morgan fingerprint density at radius 1 is 1.25 bits per heavy atom. The van der Waals surface area contributed by atoms with Crippen LogP contribution in [-0.4, -0.2) is 28.9 Å². The zero-order valence-electron chi connectivity index (χ0n) is 15.9. The van der Waals surface area contributed by atoms with Gasteiger partial charge < -0.3 is 15.7 Å². The lowest BCUT2D eigenvalue weighted by atomic mass is 10.2. The quantitative estimate of drug-likeness (QED) is 0.685. The molecule has 3 N–H and O–H groups in total. The minimum absolute atomic E-state index is 0.0660. The molecule has 1 atom stereocenters. The second kappa shape index (κ2) is 7.93. The number of aliphatic carboxylic acids is 1. The predicted molar refractivity (Wildman–Crippen MR) is 72.8 cm³/mol. The number of carbonyl (C=O) groups excluding carboxylic acids is 2. The monoisotopic (exact) mass is 283 g/mol. The Balaban J connectivity index is 2.71. The molecule has 0 aromatic heterocycles. The Morgan fingerprint density at radius 2 is 1.90 bits per heavy atom. The van der Waals surface area contributed by atoms with Crippen LogP contribution in [0, 0.1) is 0 Å². The first-order valence-corrected chi connectivity index (χ1v) is 5.90. The van der Waals surface area contributed by atoms with Gasteiger partial charge in [-0.25, -0.2) is 0 Å². The lowest BCUT2D eigenvalue weighted by molar-refractivity contribution is -0.139. The molecule has 0 saturated carbocycles. The van der Waals surface area contributed by atoms with E-state index in [1.54, 1.807) is 0 Å². The van der Waals surface area contributed by atoms with E-state index >= 15 is 0 Å². The molecule has 0 fully saturated rings. The van der Waals surface area contributed by atoms with Gasteiger partial charge in [-0.15, -0.1) is 0 Å². The average Bonchev–Trinajstić information content (AvgIpc) is 2.56. The number of hydrogen-bond acceptors (Lipinski definition) is 3. The van der Waals surface area contributed by atoms with Crippen molar-refractivity contribution in [3.8, 4) is 0 Å². The zero-order chi connectivity index (χ0) is 19.3. The molecule has 2 amide bonds. The lowest BCUT2D eigenvalue weighted by Gasteiger charge is -2.13. The summed E-state index contributed by atoms with van der Waals surface area (Å²) in [4.78, 5) is 33.8. The Bertz CT molecular complexity index is 682. The summed E-state index contributed by atoms with van der Waals surface area (Å²) in [6.45, 7) is 1.08. The third-order valence-electron chi connectivity index (χ3n) is 2.33. The summed E-state index contributed by atoms with van der Waals surface area (Å²) in [7, 11) is 0. The van der Waals surface area contributed by atoms with Gasteiger partial charge in [-0.1, -0.05) is 30.2 Å². The first-order chi connectivity index (χ1) is 11.6. The maximum atomic E-state index is 12.0. The number of carbonyl (C=O) groups is 3. The van der Waals surface area contributed by atoms with Crippen LogP contribution in [0.25, 0.3) is 0 Å². The van der Waals surface area contributed by atoms with Crippen LogP contribution >= 0.6 is 0 Å². The SMILES string of the molecule is [2H]c1c([2H])c([2H])c(CNC(=O)[C@@H](C)NC(=O)CCC(=O)O)c([2H])c1[2H]. The zero-order valence-corrected chi connectivity index (χ0v) is 10.9. The molecule has 1 rings (SSSR count). The summed E-state index contributed by atoms with van der Waals surface area (Å²) >= 11 is 0. The van der Waals surface area contributed by atoms with Gasteiger partial charge in [-0.2, -0.15) is 0 Å². The van der Waals surface area contributed by atoms with Crippen LogP contribution < -0.4 is 10.6 Å². The second-order valence-corrected chi connectivity index (χ2v) is 4.00. The molecule has 0 aliphatic heterocycles. The average molecular weight is 283 g/mol. The first kappa shape index (κ1) is 9.52. The molecule has 6 heteroatoms. The van der Waals surface area contributed by atoms with Crippen molar-refractivity contribution in [3.05, 3.63) is 35.8 Å². The first-order valence-electron chi connectivity index (χ1n) is 8.40. The van der Waals surface area contributed by atoms with E-state index in [0.29, 0.717) is 0 Å². The van der Waals surface area contributed by atoms with Gasteiger partial charge in [-0.3, -0.25) is 14.4 Å². The number of rotatable bonds is 7. The van der Waals surface area contributed by atoms with E-state index in [9.17, 15) is 14.4 Å². The number of benzene rings is 1. The Morgan fingerprint density at radius 3 is 2.50 bits per heavy atom. The number of carboxylic acids is 1. The van der Waals surface area contributed by atoms with Crippen molar-refractivity contribution in [1.82, 2.24) is 10.6 Å². The molecule has 0 aliphatic carbocycles. The molecule has 6 nitrogen and oxygen atoms in total. The number of carboxylic acid groups (broad SMARTS) is 1. The van der Waals surface area contributed by atoms with Gasteiger partial charge in [0.15, 0.2) is 0 Å².